The maximum atomic E-state index is 4.66. The molecule has 0 saturated heterocycles. The molecule has 1 aromatic rings. The summed E-state index contributed by atoms with van der Waals surface area (Å²) in [5.74, 6) is 3.00. The molecule has 18 heavy (non-hydrogen) atoms. The second-order valence-electron chi connectivity index (χ2n) is 4.87. The highest BCUT2D eigenvalue weighted by atomic mass is 32.2. The largest absolute Gasteiger partial charge is 0.313 e. The number of hydrogen-bond acceptors (Lipinski definition) is 3. The zero-order valence-electron chi connectivity index (χ0n) is 11.5. The topological polar surface area (TPSA) is 24.9 Å². The number of hydrogen-bond donors (Lipinski definition) is 1. The van der Waals surface area contributed by atoms with Gasteiger partial charge in [0.2, 0.25) is 0 Å². The molecule has 0 bridgehead atoms. The molecular weight excluding hydrogens is 240 g/mol. The van der Waals surface area contributed by atoms with Crippen LogP contribution in [0.5, 0.6) is 0 Å². The fourth-order valence-electron chi connectivity index (χ4n) is 2.86. The Labute approximate surface area is 115 Å². The molecule has 1 aromatic heterocycles. The van der Waals surface area contributed by atoms with Crippen LogP contribution in [0.2, 0.25) is 0 Å². The van der Waals surface area contributed by atoms with E-state index < -0.39 is 0 Å². The average Bonchev–Trinajstić information content (AvgIpc) is 2.43. The standard InChI is InChI=1S/C15H24N2S/c1-3-16-14(11-18-4-2)13-9-5-7-12-8-6-10-17-15(12)13/h6,8,10,13-14,16H,3-5,7,9,11H2,1-2H3. The summed E-state index contributed by atoms with van der Waals surface area (Å²) in [5, 5.41) is 3.67. The van der Waals surface area contributed by atoms with Crippen molar-refractivity contribution < 1.29 is 0 Å². The number of nitrogens with zero attached hydrogens (tertiary/aromatic N) is 1. The maximum Gasteiger partial charge on any atom is 0.0482 e. The van der Waals surface area contributed by atoms with Crippen LogP contribution < -0.4 is 5.32 Å². The van der Waals surface area contributed by atoms with Crippen molar-refractivity contribution in [3.8, 4) is 0 Å². The Kier molecular flexibility index (Phi) is 5.51. The molecule has 1 N–H and O–H groups in total. The van der Waals surface area contributed by atoms with E-state index in [0.29, 0.717) is 12.0 Å². The van der Waals surface area contributed by atoms with Crippen molar-refractivity contribution in [2.45, 2.75) is 45.1 Å². The van der Waals surface area contributed by atoms with Crippen LogP contribution in [0.25, 0.3) is 0 Å². The van der Waals surface area contributed by atoms with E-state index in [1.54, 1.807) is 0 Å². The lowest BCUT2D eigenvalue weighted by Crippen LogP contribution is -2.39. The minimum absolute atomic E-state index is 0.578. The Morgan fingerprint density at radius 3 is 3.17 bits per heavy atom. The Balaban J connectivity index is 2.15. The summed E-state index contributed by atoms with van der Waals surface area (Å²) < 4.78 is 0. The Morgan fingerprint density at radius 2 is 2.39 bits per heavy atom. The molecule has 2 atom stereocenters. The molecule has 1 heterocycles. The Morgan fingerprint density at radius 1 is 1.50 bits per heavy atom. The molecule has 0 radical (unpaired) electrons. The molecule has 0 saturated carbocycles. The van der Waals surface area contributed by atoms with Gasteiger partial charge in [0.1, 0.15) is 0 Å². The number of aromatic nitrogens is 1. The molecule has 2 nitrogen and oxygen atoms in total. The van der Waals surface area contributed by atoms with Gasteiger partial charge in [-0.05, 0) is 43.2 Å². The van der Waals surface area contributed by atoms with E-state index in [4.69, 9.17) is 0 Å². The smallest absolute Gasteiger partial charge is 0.0482 e. The third-order valence-electron chi connectivity index (χ3n) is 3.69. The van der Waals surface area contributed by atoms with Crippen LogP contribution in [0.3, 0.4) is 0 Å². The molecule has 1 aliphatic carbocycles. The van der Waals surface area contributed by atoms with E-state index in [-0.39, 0.29) is 0 Å². The zero-order chi connectivity index (χ0) is 12.8. The molecule has 2 rings (SSSR count). The van der Waals surface area contributed by atoms with E-state index in [9.17, 15) is 0 Å². The van der Waals surface area contributed by atoms with Crippen LogP contribution >= 0.6 is 11.8 Å². The first kappa shape index (κ1) is 13.9. The Hall–Kier alpha value is -0.540. The van der Waals surface area contributed by atoms with Gasteiger partial charge in [-0.15, -0.1) is 0 Å². The average molecular weight is 264 g/mol. The third kappa shape index (κ3) is 3.27. The van der Waals surface area contributed by atoms with Crippen LogP contribution in [0.4, 0.5) is 0 Å². The molecule has 3 heteroatoms. The van der Waals surface area contributed by atoms with Crippen molar-refractivity contribution in [1.29, 1.82) is 0 Å². The first-order valence-electron chi connectivity index (χ1n) is 7.11. The summed E-state index contributed by atoms with van der Waals surface area (Å²) in [6.07, 6.45) is 5.75. The van der Waals surface area contributed by atoms with Gasteiger partial charge in [0.25, 0.3) is 0 Å². The molecule has 0 aliphatic heterocycles. The monoisotopic (exact) mass is 264 g/mol. The number of pyridine rings is 1. The van der Waals surface area contributed by atoms with Crippen LogP contribution in [0, 0.1) is 0 Å². The lowest BCUT2D eigenvalue weighted by molar-refractivity contribution is 0.418. The zero-order valence-corrected chi connectivity index (χ0v) is 12.3. The van der Waals surface area contributed by atoms with Gasteiger partial charge in [0, 0.05) is 29.6 Å². The van der Waals surface area contributed by atoms with Gasteiger partial charge in [-0.3, -0.25) is 4.98 Å². The van der Waals surface area contributed by atoms with E-state index in [2.05, 4.69) is 36.3 Å². The van der Waals surface area contributed by atoms with Crippen molar-refractivity contribution in [1.82, 2.24) is 10.3 Å². The van der Waals surface area contributed by atoms with Crippen LogP contribution in [0.15, 0.2) is 18.3 Å². The van der Waals surface area contributed by atoms with Gasteiger partial charge in [-0.25, -0.2) is 0 Å². The Bertz CT molecular complexity index is 367. The van der Waals surface area contributed by atoms with Crippen molar-refractivity contribution >= 4 is 11.8 Å². The molecular formula is C15H24N2S. The summed E-state index contributed by atoms with van der Waals surface area (Å²) in [4.78, 5) is 4.66. The first-order valence-corrected chi connectivity index (χ1v) is 8.27. The number of nitrogens with one attached hydrogen (secondary N) is 1. The molecule has 0 aromatic carbocycles. The molecule has 2 unspecified atom stereocenters. The molecule has 100 valence electrons. The van der Waals surface area contributed by atoms with Crippen molar-refractivity contribution in [3.63, 3.8) is 0 Å². The predicted octanol–water partition coefficient (Wildman–Crippen LogP) is 3.23. The second-order valence-corrected chi connectivity index (χ2v) is 6.19. The fraction of sp³-hybridized carbons (Fsp3) is 0.667. The first-order chi connectivity index (χ1) is 8.86. The van der Waals surface area contributed by atoms with Gasteiger partial charge >= 0.3 is 0 Å². The predicted molar refractivity (Wildman–Crippen MR) is 80.4 cm³/mol. The molecule has 1 aliphatic rings. The van der Waals surface area contributed by atoms with E-state index >= 15 is 0 Å². The minimum atomic E-state index is 0.578. The number of rotatable bonds is 6. The number of thioether (sulfide) groups is 1. The van der Waals surface area contributed by atoms with E-state index in [1.807, 2.05) is 18.0 Å². The number of fused-ring (bicyclic) bond motifs is 1. The van der Waals surface area contributed by atoms with E-state index in [0.717, 1.165) is 6.54 Å². The van der Waals surface area contributed by atoms with Crippen molar-refractivity contribution in [2.24, 2.45) is 0 Å². The summed E-state index contributed by atoms with van der Waals surface area (Å²) >= 11 is 2.03. The maximum absolute atomic E-state index is 4.66. The second kappa shape index (κ2) is 7.15. The number of likely N-dealkylation sites (N-methyl/N-ethyl adjacent to an activating group) is 1. The summed E-state index contributed by atoms with van der Waals surface area (Å²) in [6, 6.07) is 4.91. The van der Waals surface area contributed by atoms with Gasteiger partial charge in [0.05, 0.1) is 0 Å². The highest BCUT2D eigenvalue weighted by Crippen LogP contribution is 2.33. The van der Waals surface area contributed by atoms with Crippen LogP contribution in [-0.4, -0.2) is 29.1 Å². The van der Waals surface area contributed by atoms with E-state index in [1.165, 1.54) is 42.0 Å². The van der Waals surface area contributed by atoms with Crippen molar-refractivity contribution in [2.75, 3.05) is 18.1 Å². The molecule has 0 spiro atoms. The van der Waals surface area contributed by atoms with Gasteiger partial charge in [-0.1, -0.05) is 19.9 Å². The highest BCUT2D eigenvalue weighted by molar-refractivity contribution is 7.99. The molecule has 0 amide bonds. The van der Waals surface area contributed by atoms with Gasteiger partial charge < -0.3 is 5.32 Å². The highest BCUT2D eigenvalue weighted by Gasteiger charge is 2.28. The molecule has 0 fully saturated rings. The van der Waals surface area contributed by atoms with Crippen molar-refractivity contribution in [3.05, 3.63) is 29.6 Å². The van der Waals surface area contributed by atoms with Gasteiger partial charge in [-0.2, -0.15) is 11.8 Å². The third-order valence-corrected chi connectivity index (χ3v) is 4.70. The SMILES string of the molecule is CCNC(CSCC)C1CCCc2cccnc21. The lowest BCUT2D eigenvalue weighted by atomic mass is 9.82. The minimum Gasteiger partial charge on any atom is -0.313 e. The summed E-state index contributed by atoms with van der Waals surface area (Å²) in [5.41, 5.74) is 2.82. The normalized spacial score (nSPS) is 20.4. The van der Waals surface area contributed by atoms with Crippen LogP contribution in [0.1, 0.15) is 43.9 Å². The summed E-state index contributed by atoms with van der Waals surface area (Å²) in [7, 11) is 0. The van der Waals surface area contributed by atoms with Gasteiger partial charge in [0.15, 0.2) is 0 Å². The quantitative estimate of drug-likeness (QED) is 0.854. The number of aryl methyl sites for hydroxylation is 1. The fourth-order valence-corrected chi connectivity index (χ4v) is 3.70. The summed E-state index contributed by atoms with van der Waals surface area (Å²) in [6.45, 7) is 5.49. The lowest BCUT2D eigenvalue weighted by Gasteiger charge is -2.31. The van der Waals surface area contributed by atoms with Crippen LogP contribution in [-0.2, 0) is 6.42 Å².